The molecule has 0 atom stereocenters. The summed E-state index contributed by atoms with van der Waals surface area (Å²) in [6.07, 6.45) is 3.72. The van der Waals surface area contributed by atoms with E-state index >= 15 is 0 Å². The van der Waals surface area contributed by atoms with Gasteiger partial charge >= 0.3 is 0 Å². The van der Waals surface area contributed by atoms with E-state index in [9.17, 15) is 4.79 Å². The minimum Gasteiger partial charge on any atom is -0.391 e. The predicted molar refractivity (Wildman–Crippen MR) is 68.1 cm³/mol. The van der Waals surface area contributed by atoms with Crippen LogP contribution in [0.4, 0.5) is 11.5 Å². The van der Waals surface area contributed by atoms with Gasteiger partial charge in [0.15, 0.2) is 5.82 Å². The van der Waals surface area contributed by atoms with Crippen molar-refractivity contribution in [3.8, 4) is 0 Å². The Morgan fingerprint density at radius 1 is 1.53 bits per heavy atom. The molecule has 6 heteroatoms. The van der Waals surface area contributed by atoms with Gasteiger partial charge in [-0.25, -0.2) is 4.98 Å². The lowest BCUT2D eigenvalue weighted by Gasteiger charge is -2.28. The molecule has 4 N–H and O–H groups in total. The van der Waals surface area contributed by atoms with Crippen LogP contribution in [0.15, 0.2) is 11.1 Å². The number of nitrogens with one attached hydrogen (secondary N) is 2. The first-order valence-corrected chi connectivity index (χ1v) is 5.93. The second kappa shape index (κ2) is 5.18. The average Bonchev–Trinajstić information content (AvgIpc) is 2.34. The molecule has 1 aliphatic heterocycles. The van der Waals surface area contributed by atoms with Crippen molar-refractivity contribution in [2.75, 3.05) is 37.3 Å². The SMILES string of the molecule is CN(CC1CCNCC1)c1nc[nH]c(=O)c1N. The highest BCUT2D eigenvalue weighted by Gasteiger charge is 2.17. The first-order chi connectivity index (χ1) is 8.18. The summed E-state index contributed by atoms with van der Waals surface area (Å²) < 4.78 is 0. The van der Waals surface area contributed by atoms with Crippen molar-refractivity contribution >= 4 is 11.5 Å². The van der Waals surface area contributed by atoms with E-state index in [1.807, 2.05) is 11.9 Å². The molecule has 0 spiro atoms. The Balaban J connectivity index is 2.06. The van der Waals surface area contributed by atoms with Gasteiger partial charge in [-0.05, 0) is 31.8 Å². The van der Waals surface area contributed by atoms with E-state index < -0.39 is 0 Å². The second-order valence-electron chi connectivity index (χ2n) is 4.54. The van der Waals surface area contributed by atoms with Crippen LogP contribution in [-0.4, -0.2) is 36.6 Å². The highest BCUT2D eigenvalue weighted by Crippen LogP contribution is 2.18. The summed E-state index contributed by atoms with van der Waals surface area (Å²) in [5.41, 5.74) is 5.66. The standard InChI is InChI=1S/C11H19N5O/c1-16(6-8-2-4-13-5-3-8)10-9(12)11(17)15-7-14-10/h7-8,13H,2-6,12H2,1H3,(H,14,15,17). The zero-order valence-electron chi connectivity index (χ0n) is 10.1. The molecule has 17 heavy (non-hydrogen) atoms. The predicted octanol–water partition coefficient (Wildman–Crippen LogP) is -0.212. The zero-order chi connectivity index (χ0) is 12.3. The lowest BCUT2D eigenvalue weighted by atomic mass is 9.98. The van der Waals surface area contributed by atoms with Crippen molar-refractivity contribution in [3.05, 3.63) is 16.7 Å². The number of nitrogens with zero attached hydrogens (tertiary/aromatic N) is 2. The molecule has 1 aromatic heterocycles. The lowest BCUT2D eigenvalue weighted by Crippen LogP contribution is -2.35. The van der Waals surface area contributed by atoms with Gasteiger partial charge < -0.3 is 20.9 Å². The molecule has 0 aliphatic carbocycles. The molecule has 0 aromatic carbocycles. The summed E-state index contributed by atoms with van der Waals surface area (Å²) >= 11 is 0. The van der Waals surface area contributed by atoms with Gasteiger partial charge in [0, 0.05) is 13.6 Å². The van der Waals surface area contributed by atoms with Gasteiger partial charge in [-0.2, -0.15) is 0 Å². The fraction of sp³-hybridized carbons (Fsp3) is 0.636. The minimum atomic E-state index is -0.271. The van der Waals surface area contributed by atoms with E-state index in [4.69, 9.17) is 5.73 Å². The van der Waals surface area contributed by atoms with Gasteiger partial charge in [0.25, 0.3) is 5.56 Å². The molecule has 0 unspecified atom stereocenters. The Bertz CT molecular complexity index is 424. The van der Waals surface area contributed by atoms with Crippen molar-refractivity contribution in [3.63, 3.8) is 0 Å². The van der Waals surface area contributed by atoms with E-state index in [0.717, 1.165) is 32.5 Å². The third-order valence-electron chi connectivity index (χ3n) is 3.22. The number of aromatic nitrogens is 2. The Morgan fingerprint density at radius 2 is 2.24 bits per heavy atom. The summed E-state index contributed by atoms with van der Waals surface area (Å²) in [6, 6.07) is 0. The molecule has 1 fully saturated rings. The van der Waals surface area contributed by atoms with Crippen LogP contribution in [-0.2, 0) is 0 Å². The van der Waals surface area contributed by atoms with Crippen molar-refractivity contribution in [2.24, 2.45) is 5.92 Å². The van der Waals surface area contributed by atoms with Crippen LogP contribution in [0.25, 0.3) is 0 Å². The van der Waals surface area contributed by atoms with E-state index in [1.54, 1.807) is 0 Å². The Morgan fingerprint density at radius 3 is 2.94 bits per heavy atom. The van der Waals surface area contributed by atoms with Crippen molar-refractivity contribution in [1.82, 2.24) is 15.3 Å². The largest absolute Gasteiger partial charge is 0.391 e. The number of hydrogen-bond donors (Lipinski definition) is 3. The summed E-state index contributed by atoms with van der Waals surface area (Å²) in [5, 5.41) is 3.33. The third-order valence-corrected chi connectivity index (χ3v) is 3.22. The Labute approximate surface area is 100 Å². The quantitative estimate of drug-likeness (QED) is 0.677. The van der Waals surface area contributed by atoms with Crippen LogP contribution < -0.4 is 21.5 Å². The van der Waals surface area contributed by atoms with Crippen molar-refractivity contribution in [1.29, 1.82) is 0 Å². The Hall–Kier alpha value is -1.56. The molecular formula is C11H19N5O. The number of anilines is 2. The second-order valence-corrected chi connectivity index (χ2v) is 4.54. The number of piperidine rings is 1. The molecular weight excluding hydrogens is 218 g/mol. The van der Waals surface area contributed by atoms with Crippen LogP contribution in [0.3, 0.4) is 0 Å². The smallest absolute Gasteiger partial charge is 0.276 e. The third kappa shape index (κ3) is 2.76. The molecule has 6 nitrogen and oxygen atoms in total. The van der Waals surface area contributed by atoms with E-state index in [0.29, 0.717) is 11.7 Å². The monoisotopic (exact) mass is 237 g/mol. The number of nitrogen functional groups attached to an aromatic ring is 1. The van der Waals surface area contributed by atoms with Gasteiger partial charge in [0.1, 0.15) is 5.69 Å². The summed E-state index contributed by atoms with van der Waals surface area (Å²) in [5.74, 6) is 1.22. The van der Waals surface area contributed by atoms with E-state index in [-0.39, 0.29) is 11.2 Å². The molecule has 1 aromatic rings. The zero-order valence-corrected chi connectivity index (χ0v) is 10.1. The fourth-order valence-electron chi connectivity index (χ4n) is 2.24. The molecule has 0 amide bonds. The van der Waals surface area contributed by atoms with Gasteiger partial charge in [0.2, 0.25) is 0 Å². The Kier molecular flexibility index (Phi) is 3.63. The molecule has 0 bridgehead atoms. The summed E-state index contributed by atoms with van der Waals surface area (Å²) in [6.45, 7) is 3.02. The number of hydrogen-bond acceptors (Lipinski definition) is 5. The number of H-pyrrole nitrogens is 1. The highest BCUT2D eigenvalue weighted by atomic mass is 16.1. The normalized spacial score (nSPS) is 17.0. The van der Waals surface area contributed by atoms with Crippen LogP contribution in [0.2, 0.25) is 0 Å². The molecule has 94 valence electrons. The fourth-order valence-corrected chi connectivity index (χ4v) is 2.24. The summed E-state index contributed by atoms with van der Waals surface area (Å²) in [7, 11) is 1.93. The van der Waals surface area contributed by atoms with E-state index in [2.05, 4.69) is 15.3 Å². The maximum atomic E-state index is 11.4. The molecule has 2 rings (SSSR count). The maximum absolute atomic E-state index is 11.4. The number of nitrogens with two attached hydrogens (primary N) is 1. The van der Waals surface area contributed by atoms with Crippen LogP contribution in [0.5, 0.6) is 0 Å². The van der Waals surface area contributed by atoms with Gasteiger partial charge in [-0.1, -0.05) is 0 Å². The van der Waals surface area contributed by atoms with Crippen molar-refractivity contribution in [2.45, 2.75) is 12.8 Å². The molecule has 0 saturated carbocycles. The first kappa shape index (κ1) is 11.9. The maximum Gasteiger partial charge on any atom is 0.276 e. The molecule has 1 saturated heterocycles. The lowest BCUT2D eigenvalue weighted by molar-refractivity contribution is 0.377. The van der Waals surface area contributed by atoms with E-state index in [1.165, 1.54) is 6.33 Å². The van der Waals surface area contributed by atoms with Crippen LogP contribution in [0, 0.1) is 5.92 Å². The van der Waals surface area contributed by atoms with Gasteiger partial charge in [-0.3, -0.25) is 4.79 Å². The van der Waals surface area contributed by atoms with Gasteiger partial charge in [-0.15, -0.1) is 0 Å². The molecule has 0 radical (unpaired) electrons. The van der Waals surface area contributed by atoms with Gasteiger partial charge in [0.05, 0.1) is 6.33 Å². The van der Waals surface area contributed by atoms with Crippen LogP contribution >= 0.6 is 0 Å². The average molecular weight is 237 g/mol. The topological polar surface area (TPSA) is 87.0 Å². The molecule has 1 aliphatic rings. The molecule has 2 heterocycles. The highest BCUT2D eigenvalue weighted by molar-refractivity contribution is 5.60. The first-order valence-electron chi connectivity index (χ1n) is 5.93. The minimum absolute atomic E-state index is 0.198. The van der Waals surface area contributed by atoms with Crippen molar-refractivity contribution < 1.29 is 0 Å². The summed E-state index contributed by atoms with van der Waals surface area (Å²) in [4.78, 5) is 20.0. The number of rotatable bonds is 3. The van der Waals surface area contributed by atoms with Crippen LogP contribution in [0.1, 0.15) is 12.8 Å². The number of aromatic amines is 1.